The Kier molecular flexibility index (Phi) is 5.83. The fourth-order valence-corrected chi connectivity index (χ4v) is 3.25. The topological polar surface area (TPSA) is 49.4 Å². The highest BCUT2D eigenvalue weighted by Crippen LogP contribution is 2.21. The van der Waals surface area contributed by atoms with E-state index in [2.05, 4.69) is 17.4 Å². The van der Waals surface area contributed by atoms with Gasteiger partial charge in [-0.3, -0.25) is 4.79 Å². The number of carbonyl (C=O) groups is 2. The molecule has 1 aliphatic heterocycles. The molecule has 2 amide bonds. The molecule has 1 saturated heterocycles. The maximum atomic E-state index is 12.5. The number of hydrogen-bond acceptors (Lipinski definition) is 2. The van der Waals surface area contributed by atoms with Gasteiger partial charge in [0.1, 0.15) is 0 Å². The van der Waals surface area contributed by atoms with Crippen LogP contribution in [0.15, 0.2) is 60.7 Å². The minimum absolute atomic E-state index is 0.0239. The first-order chi connectivity index (χ1) is 12.2. The summed E-state index contributed by atoms with van der Waals surface area (Å²) < 4.78 is 0. The SMILES string of the molecule is O=C(c1ccccc1)C1CCN(C(=O)NCCc2ccccc2)CC1. The van der Waals surface area contributed by atoms with Gasteiger partial charge in [0.05, 0.1) is 0 Å². The van der Waals surface area contributed by atoms with Crippen LogP contribution < -0.4 is 5.32 Å². The molecule has 2 aromatic carbocycles. The Labute approximate surface area is 148 Å². The molecule has 0 spiro atoms. The summed E-state index contributed by atoms with van der Waals surface area (Å²) >= 11 is 0. The average Bonchev–Trinajstić information content (AvgIpc) is 2.69. The number of hydrogen-bond donors (Lipinski definition) is 1. The van der Waals surface area contributed by atoms with Gasteiger partial charge in [0.15, 0.2) is 5.78 Å². The van der Waals surface area contributed by atoms with Crippen LogP contribution in [0.3, 0.4) is 0 Å². The zero-order valence-corrected chi connectivity index (χ0v) is 14.4. The zero-order chi connectivity index (χ0) is 17.5. The first kappa shape index (κ1) is 17.2. The maximum absolute atomic E-state index is 12.5. The molecule has 1 fully saturated rings. The highest BCUT2D eigenvalue weighted by atomic mass is 16.2. The fourth-order valence-electron chi connectivity index (χ4n) is 3.25. The van der Waals surface area contributed by atoms with Crippen molar-refractivity contribution in [3.05, 3.63) is 71.8 Å². The Hall–Kier alpha value is -2.62. The molecule has 0 bridgehead atoms. The molecule has 4 heteroatoms. The second-order valence-electron chi connectivity index (χ2n) is 6.46. The molecule has 130 valence electrons. The van der Waals surface area contributed by atoms with E-state index >= 15 is 0 Å². The average molecular weight is 336 g/mol. The maximum Gasteiger partial charge on any atom is 0.317 e. The van der Waals surface area contributed by atoms with Gasteiger partial charge in [-0.25, -0.2) is 4.79 Å². The molecule has 0 aromatic heterocycles. The Balaban J connectivity index is 1.42. The van der Waals surface area contributed by atoms with Crippen LogP contribution in [0.4, 0.5) is 4.79 Å². The molecule has 1 N–H and O–H groups in total. The predicted octanol–water partition coefficient (Wildman–Crippen LogP) is 3.53. The normalized spacial score (nSPS) is 15.0. The lowest BCUT2D eigenvalue weighted by atomic mass is 9.89. The van der Waals surface area contributed by atoms with Crippen molar-refractivity contribution in [2.24, 2.45) is 5.92 Å². The van der Waals surface area contributed by atoms with E-state index in [9.17, 15) is 9.59 Å². The number of carbonyl (C=O) groups excluding carboxylic acids is 2. The van der Waals surface area contributed by atoms with Gasteiger partial charge in [-0.1, -0.05) is 60.7 Å². The van der Waals surface area contributed by atoms with Crippen LogP contribution in [0.2, 0.25) is 0 Å². The molecular weight excluding hydrogens is 312 g/mol. The van der Waals surface area contributed by atoms with Crippen LogP contribution >= 0.6 is 0 Å². The van der Waals surface area contributed by atoms with E-state index in [0.717, 1.165) is 24.8 Å². The monoisotopic (exact) mass is 336 g/mol. The van der Waals surface area contributed by atoms with Crippen molar-refractivity contribution in [1.82, 2.24) is 10.2 Å². The van der Waals surface area contributed by atoms with E-state index in [4.69, 9.17) is 0 Å². The number of urea groups is 1. The molecule has 3 rings (SSSR count). The van der Waals surface area contributed by atoms with Gasteiger partial charge in [0.25, 0.3) is 0 Å². The van der Waals surface area contributed by atoms with Gasteiger partial charge in [-0.05, 0) is 24.8 Å². The van der Waals surface area contributed by atoms with E-state index < -0.39 is 0 Å². The minimum atomic E-state index is -0.0264. The highest BCUT2D eigenvalue weighted by molar-refractivity contribution is 5.97. The molecule has 1 heterocycles. The third kappa shape index (κ3) is 4.69. The van der Waals surface area contributed by atoms with Crippen molar-refractivity contribution in [3.63, 3.8) is 0 Å². The number of likely N-dealkylation sites (tertiary alicyclic amines) is 1. The summed E-state index contributed by atoms with van der Waals surface area (Å²) in [6.07, 6.45) is 2.30. The summed E-state index contributed by atoms with van der Waals surface area (Å²) in [4.78, 5) is 26.6. The number of rotatable bonds is 5. The van der Waals surface area contributed by atoms with Crippen LogP contribution in [-0.4, -0.2) is 36.3 Å². The number of nitrogens with zero attached hydrogens (tertiary/aromatic N) is 1. The number of piperidine rings is 1. The van der Waals surface area contributed by atoms with Gasteiger partial charge in [-0.2, -0.15) is 0 Å². The summed E-state index contributed by atoms with van der Waals surface area (Å²) in [6.45, 7) is 1.91. The standard InChI is InChI=1S/C21H24N2O2/c24-20(18-9-5-2-6-10-18)19-12-15-23(16-13-19)21(25)22-14-11-17-7-3-1-4-8-17/h1-10,19H,11-16H2,(H,22,25). The molecule has 1 aliphatic rings. The predicted molar refractivity (Wildman–Crippen MR) is 98.6 cm³/mol. The molecule has 0 aliphatic carbocycles. The van der Waals surface area contributed by atoms with Crippen LogP contribution in [0.1, 0.15) is 28.8 Å². The van der Waals surface area contributed by atoms with Crippen LogP contribution in [0.5, 0.6) is 0 Å². The third-order valence-corrected chi connectivity index (χ3v) is 4.74. The molecule has 0 radical (unpaired) electrons. The summed E-state index contributed by atoms with van der Waals surface area (Å²) in [5.74, 6) is 0.223. The number of amides is 2. The van der Waals surface area contributed by atoms with E-state index in [1.807, 2.05) is 53.4 Å². The van der Waals surface area contributed by atoms with Gasteiger partial charge in [-0.15, -0.1) is 0 Å². The quantitative estimate of drug-likeness (QED) is 0.849. The Morgan fingerprint density at radius 3 is 2.16 bits per heavy atom. The van der Waals surface area contributed by atoms with Crippen molar-refractivity contribution < 1.29 is 9.59 Å². The highest BCUT2D eigenvalue weighted by Gasteiger charge is 2.27. The lowest BCUT2D eigenvalue weighted by Crippen LogP contribution is -2.45. The second kappa shape index (κ2) is 8.47. The number of ketones is 1. The molecule has 0 atom stereocenters. The smallest absolute Gasteiger partial charge is 0.317 e. The summed E-state index contributed by atoms with van der Waals surface area (Å²) in [5.41, 5.74) is 1.99. The minimum Gasteiger partial charge on any atom is -0.338 e. The van der Waals surface area contributed by atoms with E-state index in [1.54, 1.807) is 0 Å². The van der Waals surface area contributed by atoms with E-state index in [0.29, 0.717) is 19.6 Å². The van der Waals surface area contributed by atoms with E-state index in [1.165, 1.54) is 5.56 Å². The van der Waals surface area contributed by atoms with Crippen molar-refractivity contribution in [1.29, 1.82) is 0 Å². The molecule has 4 nitrogen and oxygen atoms in total. The van der Waals surface area contributed by atoms with Gasteiger partial charge >= 0.3 is 6.03 Å². The number of benzene rings is 2. The summed E-state index contributed by atoms with van der Waals surface area (Å²) in [7, 11) is 0. The van der Waals surface area contributed by atoms with Gasteiger partial charge in [0, 0.05) is 31.1 Å². The Morgan fingerprint density at radius 1 is 0.920 bits per heavy atom. The summed E-state index contributed by atoms with van der Waals surface area (Å²) in [5, 5.41) is 2.98. The Morgan fingerprint density at radius 2 is 1.52 bits per heavy atom. The Bertz CT molecular complexity index is 692. The molecule has 0 unspecified atom stereocenters. The van der Waals surface area contributed by atoms with Crippen LogP contribution in [0.25, 0.3) is 0 Å². The van der Waals surface area contributed by atoms with Crippen molar-refractivity contribution in [2.45, 2.75) is 19.3 Å². The first-order valence-corrected chi connectivity index (χ1v) is 8.90. The molecule has 25 heavy (non-hydrogen) atoms. The first-order valence-electron chi connectivity index (χ1n) is 8.90. The second-order valence-corrected chi connectivity index (χ2v) is 6.46. The summed E-state index contributed by atoms with van der Waals surface area (Å²) in [6, 6.07) is 19.5. The molecule has 0 saturated carbocycles. The lowest BCUT2D eigenvalue weighted by molar-refractivity contribution is 0.0854. The van der Waals surface area contributed by atoms with Crippen LogP contribution in [0, 0.1) is 5.92 Å². The third-order valence-electron chi connectivity index (χ3n) is 4.74. The fraction of sp³-hybridized carbons (Fsp3) is 0.333. The lowest BCUT2D eigenvalue weighted by Gasteiger charge is -2.31. The van der Waals surface area contributed by atoms with Gasteiger partial charge in [0.2, 0.25) is 0 Å². The van der Waals surface area contributed by atoms with E-state index in [-0.39, 0.29) is 17.7 Å². The number of Topliss-reactive ketones (excluding diaryl/α,β-unsaturated/α-hetero) is 1. The molecular formula is C21H24N2O2. The van der Waals surface area contributed by atoms with Gasteiger partial charge < -0.3 is 10.2 Å². The molecule has 2 aromatic rings. The largest absolute Gasteiger partial charge is 0.338 e. The van der Waals surface area contributed by atoms with Crippen molar-refractivity contribution in [3.8, 4) is 0 Å². The van der Waals surface area contributed by atoms with Crippen LogP contribution in [-0.2, 0) is 6.42 Å². The zero-order valence-electron chi connectivity index (χ0n) is 14.4. The van der Waals surface area contributed by atoms with Crippen molar-refractivity contribution in [2.75, 3.05) is 19.6 Å². The van der Waals surface area contributed by atoms with Crippen molar-refractivity contribution >= 4 is 11.8 Å². The number of nitrogens with one attached hydrogen (secondary N) is 1.